The fourth-order valence-electron chi connectivity index (χ4n) is 1.90. The standard InChI is InChI=1S/C14H15N2O4P/c17-14(18)13(12-7-4-8-15-9-12)16-21(19,20)10-11-5-2-1-3-6-11/h1-9,13H,10H2,(H,17,18)(H2,16,19,20). The molecule has 0 aliphatic heterocycles. The summed E-state index contributed by atoms with van der Waals surface area (Å²) in [6.45, 7) is 0. The van der Waals surface area contributed by atoms with Crippen molar-refractivity contribution in [2.75, 3.05) is 0 Å². The summed E-state index contributed by atoms with van der Waals surface area (Å²) in [5.41, 5.74) is 0.985. The molecule has 0 saturated heterocycles. The van der Waals surface area contributed by atoms with Gasteiger partial charge in [0.1, 0.15) is 6.04 Å². The molecular weight excluding hydrogens is 291 g/mol. The number of carboxylic acid groups (broad SMARTS) is 1. The zero-order chi connectivity index (χ0) is 15.3. The van der Waals surface area contributed by atoms with Crippen molar-refractivity contribution in [2.45, 2.75) is 12.2 Å². The van der Waals surface area contributed by atoms with Gasteiger partial charge in [-0.2, -0.15) is 0 Å². The Morgan fingerprint density at radius 1 is 1.24 bits per heavy atom. The first-order valence-corrected chi connectivity index (χ1v) is 8.09. The largest absolute Gasteiger partial charge is 0.480 e. The van der Waals surface area contributed by atoms with Crippen molar-refractivity contribution in [3.8, 4) is 0 Å². The van der Waals surface area contributed by atoms with E-state index in [-0.39, 0.29) is 6.16 Å². The van der Waals surface area contributed by atoms with Gasteiger partial charge in [-0.25, -0.2) is 5.09 Å². The Balaban J connectivity index is 2.16. The van der Waals surface area contributed by atoms with Gasteiger partial charge in [0.25, 0.3) is 7.52 Å². The number of carboxylic acids is 1. The van der Waals surface area contributed by atoms with Gasteiger partial charge in [0.05, 0.1) is 6.16 Å². The average molecular weight is 306 g/mol. The lowest BCUT2D eigenvalue weighted by atomic mass is 10.1. The molecule has 1 heterocycles. The molecule has 2 unspecified atom stereocenters. The lowest BCUT2D eigenvalue weighted by molar-refractivity contribution is -0.139. The first-order chi connectivity index (χ1) is 9.98. The second kappa shape index (κ2) is 6.63. The quantitative estimate of drug-likeness (QED) is 0.707. The highest BCUT2D eigenvalue weighted by Gasteiger charge is 2.29. The molecule has 0 aliphatic rings. The van der Waals surface area contributed by atoms with Crippen LogP contribution in [0.2, 0.25) is 0 Å². The van der Waals surface area contributed by atoms with Crippen LogP contribution in [0.25, 0.3) is 0 Å². The maximum absolute atomic E-state index is 12.2. The summed E-state index contributed by atoms with van der Waals surface area (Å²) < 4.78 is 12.2. The zero-order valence-electron chi connectivity index (χ0n) is 11.1. The van der Waals surface area contributed by atoms with E-state index >= 15 is 0 Å². The number of benzene rings is 1. The summed E-state index contributed by atoms with van der Waals surface area (Å²) in [5, 5.41) is 11.6. The van der Waals surface area contributed by atoms with Crippen LogP contribution >= 0.6 is 7.52 Å². The molecule has 1 aromatic carbocycles. The number of carbonyl (C=O) groups is 1. The van der Waals surface area contributed by atoms with E-state index < -0.39 is 19.5 Å². The second-order valence-electron chi connectivity index (χ2n) is 4.53. The molecule has 0 bridgehead atoms. The molecular formula is C14H15N2O4P. The summed E-state index contributed by atoms with van der Waals surface area (Å²) in [6.07, 6.45) is 2.72. The Labute approximate surface area is 122 Å². The number of aliphatic carboxylic acids is 1. The van der Waals surface area contributed by atoms with Crippen molar-refractivity contribution in [2.24, 2.45) is 0 Å². The number of hydrogen-bond acceptors (Lipinski definition) is 3. The van der Waals surface area contributed by atoms with Crippen LogP contribution < -0.4 is 5.09 Å². The Bertz CT molecular complexity index is 649. The third kappa shape index (κ3) is 4.49. The van der Waals surface area contributed by atoms with Gasteiger partial charge in [0, 0.05) is 12.4 Å². The summed E-state index contributed by atoms with van der Waals surface area (Å²) in [5.74, 6) is -1.23. The van der Waals surface area contributed by atoms with E-state index in [1.54, 1.807) is 42.5 Å². The third-order valence-electron chi connectivity index (χ3n) is 2.84. The van der Waals surface area contributed by atoms with Crippen LogP contribution in [-0.2, 0) is 15.5 Å². The van der Waals surface area contributed by atoms with Gasteiger partial charge in [-0.3, -0.25) is 14.3 Å². The van der Waals surface area contributed by atoms with Gasteiger partial charge in [-0.15, -0.1) is 0 Å². The minimum atomic E-state index is -3.85. The van der Waals surface area contributed by atoms with Crippen LogP contribution in [0.1, 0.15) is 17.2 Å². The Hall–Kier alpha value is -2.01. The molecule has 110 valence electrons. The van der Waals surface area contributed by atoms with E-state index in [1.165, 1.54) is 12.4 Å². The van der Waals surface area contributed by atoms with Crippen molar-refractivity contribution >= 4 is 13.5 Å². The molecule has 0 amide bonds. The number of nitrogens with zero attached hydrogens (tertiary/aromatic N) is 1. The topological polar surface area (TPSA) is 99.5 Å². The number of nitrogens with one attached hydrogen (secondary N) is 1. The van der Waals surface area contributed by atoms with Gasteiger partial charge in [0.2, 0.25) is 0 Å². The van der Waals surface area contributed by atoms with Crippen LogP contribution in [-0.4, -0.2) is 21.0 Å². The monoisotopic (exact) mass is 306 g/mol. The van der Waals surface area contributed by atoms with E-state index in [0.29, 0.717) is 11.1 Å². The Kier molecular flexibility index (Phi) is 4.85. The number of pyridine rings is 1. The maximum atomic E-state index is 12.2. The van der Waals surface area contributed by atoms with Crippen molar-refractivity contribution in [3.05, 3.63) is 66.0 Å². The number of hydrogen-bond donors (Lipinski definition) is 3. The summed E-state index contributed by atoms with van der Waals surface area (Å²) in [4.78, 5) is 25.1. The SMILES string of the molecule is O=C(O)C(NP(=O)(O)Cc1ccccc1)c1cccnc1. The predicted octanol–water partition coefficient (Wildman–Crippen LogP) is 2.18. The molecule has 1 aromatic heterocycles. The van der Waals surface area contributed by atoms with Gasteiger partial charge in [-0.05, 0) is 17.2 Å². The molecule has 7 heteroatoms. The van der Waals surface area contributed by atoms with E-state index in [2.05, 4.69) is 10.1 Å². The van der Waals surface area contributed by atoms with Gasteiger partial charge in [-0.1, -0.05) is 36.4 Å². The summed E-state index contributed by atoms with van der Waals surface area (Å²) in [6, 6.07) is 10.6. The smallest absolute Gasteiger partial charge is 0.325 e. The van der Waals surface area contributed by atoms with E-state index in [4.69, 9.17) is 0 Å². The molecule has 0 aliphatic carbocycles. The first-order valence-electron chi connectivity index (χ1n) is 6.24. The summed E-state index contributed by atoms with van der Waals surface area (Å²) >= 11 is 0. The van der Waals surface area contributed by atoms with Crippen molar-refractivity contribution < 1.29 is 19.4 Å². The molecule has 21 heavy (non-hydrogen) atoms. The predicted molar refractivity (Wildman–Crippen MR) is 77.7 cm³/mol. The Morgan fingerprint density at radius 3 is 2.52 bits per heavy atom. The first kappa shape index (κ1) is 15.4. The molecule has 0 radical (unpaired) electrons. The average Bonchev–Trinajstić information content (AvgIpc) is 2.46. The van der Waals surface area contributed by atoms with Gasteiger partial charge < -0.3 is 10.00 Å². The summed E-state index contributed by atoms with van der Waals surface area (Å²) in [7, 11) is -3.85. The molecule has 0 spiro atoms. The maximum Gasteiger partial charge on any atom is 0.325 e. The van der Waals surface area contributed by atoms with Crippen LogP contribution in [0.3, 0.4) is 0 Å². The molecule has 3 N–H and O–H groups in total. The fraction of sp³-hybridized carbons (Fsp3) is 0.143. The van der Waals surface area contributed by atoms with Crippen molar-refractivity contribution in [1.29, 1.82) is 0 Å². The van der Waals surface area contributed by atoms with E-state index in [0.717, 1.165) is 0 Å². The number of aromatic nitrogens is 1. The third-order valence-corrected chi connectivity index (χ3v) is 4.29. The molecule has 6 nitrogen and oxygen atoms in total. The number of rotatable bonds is 6. The van der Waals surface area contributed by atoms with Crippen LogP contribution in [0.15, 0.2) is 54.9 Å². The minimum absolute atomic E-state index is 0.141. The highest BCUT2D eigenvalue weighted by atomic mass is 31.2. The lowest BCUT2D eigenvalue weighted by Crippen LogP contribution is -2.26. The van der Waals surface area contributed by atoms with Crippen molar-refractivity contribution in [3.63, 3.8) is 0 Å². The highest BCUT2D eigenvalue weighted by molar-refractivity contribution is 7.55. The zero-order valence-corrected chi connectivity index (χ0v) is 12.0. The van der Waals surface area contributed by atoms with E-state index in [1.807, 2.05) is 0 Å². The Morgan fingerprint density at radius 2 is 1.95 bits per heavy atom. The molecule has 0 saturated carbocycles. The van der Waals surface area contributed by atoms with Crippen LogP contribution in [0.4, 0.5) is 0 Å². The highest BCUT2D eigenvalue weighted by Crippen LogP contribution is 2.42. The minimum Gasteiger partial charge on any atom is -0.480 e. The van der Waals surface area contributed by atoms with Crippen LogP contribution in [0, 0.1) is 0 Å². The fourth-order valence-corrected chi connectivity index (χ4v) is 3.36. The molecule has 2 rings (SSSR count). The second-order valence-corrected chi connectivity index (χ2v) is 6.51. The molecule has 0 fully saturated rings. The normalized spacial score (nSPS) is 15.1. The van der Waals surface area contributed by atoms with Crippen molar-refractivity contribution in [1.82, 2.24) is 10.1 Å². The van der Waals surface area contributed by atoms with E-state index in [9.17, 15) is 19.4 Å². The lowest BCUT2D eigenvalue weighted by Gasteiger charge is -2.19. The molecule has 2 atom stereocenters. The van der Waals surface area contributed by atoms with Gasteiger partial charge >= 0.3 is 5.97 Å². The van der Waals surface area contributed by atoms with Gasteiger partial charge in [0.15, 0.2) is 0 Å². The van der Waals surface area contributed by atoms with Crippen LogP contribution in [0.5, 0.6) is 0 Å². The molecule has 2 aromatic rings.